The number of amides is 1. The number of benzene rings is 2. The van der Waals surface area contributed by atoms with Crippen molar-refractivity contribution < 1.29 is 23.6 Å². The van der Waals surface area contributed by atoms with Crippen LogP contribution < -0.4 is 14.9 Å². The average Bonchev–Trinajstić information content (AvgIpc) is 3.22. The minimum Gasteiger partial charge on any atom is -0.497 e. The summed E-state index contributed by atoms with van der Waals surface area (Å²) in [4.78, 5) is 22.6. The van der Waals surface area contributed by atoms with E-state index in [-0.39, 0.29) is 15.7 Å². The number of nitrogens with zero attached hydrogens (tertiary/aromatic N) is 2. The molecule has 0 fully saturated rings. The van der Waals surface area contributed by atoms with Crippen LogP contribution in [0.25, 0.3) is 11.3 Å². The fourth-order valence-corrected chi connectivity index (χ4v) is 3.07. The molecule has 11 heteroatoms. The van der Waals surface area contributed by atoms with Crippen LogP contribution in [0.15, 0.2) is 52.0 Å². The summed E-state index contributed by atoms with van der Waals surface area (Å²) >= 11 is 12.1. The molecule has 2 aromatic carbocycles. The molecule has 0 aliphatic carbocycles. The quantitative estimate of drug-likeness (QED) is 0.301. The lowest BCUT2D eigenvalue weighted by Gasteiger charge is -2.07. The lowest BCUT2D eigenvalue weighted by molar-refractivity contribution is -0.384. The molecule has 0 radical (unpaired) electrons. The number of methoxy groups -OCH3 is 2. The van der Waals surface area contributed by atoms with Crippen molar-refractivity contribution in [1.82, 2.24) is 5.43 Å². The van der Waals surface area contributed by atoms with Crippen LogP contribution in [-0.2, 0) is 0 Å². The van der Waals surface area contributed by atoms with Gasteiger partial charge in [-0.15, -0.1) is 0 Å². The van der Waals surface area contributed by atoms with E-state index in [0.717, 1.165) is 6.07 Å². The maximum atomic E-state index is 12.3. The van der Waals surface area contributed by atoms with Crippen molar-refractivity contribution in [3.63, 3.8) is 0 Å². The Balaban J connectivity index is 1.74. The van der Waals surface area contributed by atoms with Crippen molar-refractivity contribution in [1.29, 1.82) is 0 Å². The molecule has 0 atom stereocenters. The van der Waals surface area contributed by atoms with Gasteiger partial charge in [0.25, 0.3) is 11.6 Å². The van der Waals surface area contributed by atoms with Gasteiger partial charge in [0.05, 0.1) is 30.4 Å². The zero-order chi connectivity index (χ0) is 22.5. The maximum Gasteiger partial charge on any atom is 0.289 e. The Bertz CT molecular complexity index is 1150. The topological polar surface area (TPSA) is 116 Å². The smallest absolute Gasteiger partial charge is 0.289 e. The minimum atomic E-state index is -0.626. The Morgan fingerprint density at radius 3 is 2.39 bits per heavy atom. The fourth-order valence-electron chi connectivity index (χ4n) is 2.59. The second-order valence-corrected chi connectivity index (χ2v) is 6.86. The molecule has 0 aliphatic heterocycles. The molecule has 1 aromatic heterocycles. The number of nitro groups is 1. The second kappa shape index (κ2) is 9.50. The van der Waals surface area contributed by atoms with Gasteiger partial charge in [0.1, 0.15) is 28.0 Å². The van der Waals surface area contributed by atoms with Gasteiger partial charge in [0.2, 0.25) is 0 Å². The molecule has 1 amide bonds. The maximum absolute atomic E-state index is 12.3. The van der Waals surface area contributed by atoms with E-state index >= 15 is 0 Å². The number of furan rings is 1. The predicted molar refractivity (Wildman–Crippen MR) is 115 cm³/mol. The average molecular weight is 464 g/mol. The van der Waals surface area contributed by atoms with Crippen molar-refractivity contribution in [2.24, 2.45) is 5.10 Å². The van der Waals surface area contributed by atoms with E-state index in [2.05, 4.69) is 10.5 Å². The highest BCUT2D eigenvalue weighted by molar-refractivity contribution is 6.36. The molecule has 9 nitrogen and oxygen atoms in total. The Morgan fingerprint density at radius 1 is 1.10 bits per heavy atom. The number of halogens is 2. The van der Waals surface area contributed by atoms with Crippen LogP contribution in [0.1, 0.15) is 16.1 Å². The first-order valence-electron chi connectivity index (χ1n) is 8.62. The Hall–Kier alpha value is -3.56. The number of nitrogens with one attached hydrogen (secondary N) is 1. The summed E-state index contributed by atoms with van der Waals surface area (Å²) in [7, 11) is 2.96. The molecule has 1 N–H and O–H groups in total. The van der Waals surface area contributed by atoms with Gasteiger partial charge < -0.3 is 13.9 Å². The summed E-state index contributed by atoms with van der Waals surface area (Å²) in [6.07, 6.45) is 1.29. The summed E-state index contributed by atoms with van der Waals surface area (Å²) in [6, 6.07) is 10.4. The molecule has 1 heterocycles. The monoisotopic (exact) mass is 463 g/mol. The first kappa shape index (κ1) is 22.1. The van der Waals surface area contributed by atoms with Crippen LogP contribution in [0.2, 0.25) is 10.0 Å². The van der Waals surface area contributed by atoms with Crippen LogP contribution in [0, 0.1) is 10.1 Å². The predicted octanol–water partition coefficient (Wildman–Crippen LogP) is 4.94. The third-order valence-corrected chi connectivity index (χ3v) is 4.71. The number of hydrogen-bond acceptors (Lipinski definition) is 7. The van der Waals surface area contributed by atoms with Crippen LogP contribution in [0.4, 0.5) is 5.69 Å². The minimum absolute atomic E-state index is 0.0722. The number of ether oxygens (including phenoxy) is 2. The zero-order valence-corrected chi connectivity index (χ0v) is 17.7. The van der Waals surface area contributed by atoms with Crippen LogP contribution in [0.3, 0.4) is 0 Å². The van der Waals surface area contributed by atoms with Crippen molar-refractivity contribution >= 4 is 41.0 Å². The lowest BCUT2D eigenvalue weighted by atomic mass is 10.1. The Morgan fingerprint density at radius 2 is 1.77 bits per heavy atom. The first-order chi connectivity index (χ1) is 14.8. The highest BCUT2D eigenvalue weighted by atomic mass is 35.5. The fraction of sp³-hybridized carbons (Fsp3) is 0.100. The third-order valence-electron chi connectivity index (χ3n) is 4.10. The molecular weight excluding hydrogens is 449 g/mol. The summed E-state index contributed by atoms with van der Waals surface area (Å²) in [5.41, 5.74) is 2.74. The van der Waals surface area contributed by atoms with Crippen molar-refractivity contribution in [2.45, 2.75) is 0 Å². The van der Waals surface area contributed by atoms with Gasteiger partial charge in [-0.2, -0.15) is 5.10 Å². The van der Waals surface area contributed by atoms with E-state index in [1.165, 1.54) is 26.5 Å². The van der Waals surface area contributed by atoms with E-state index < -0.39 is 10.8 Å². The van der Waals surface area contributed by atoms with Crippen LogP contribution >= 0.6 is 23.2 Å². The van der Waals surface area contributed by atoms with E-state index in [0.29, 0.717) is 34.1 Å². The van der Waals surface area contributed by atoms with E-state index in [4.69, 9.17) is 37.1 Å². The van der Waals surface area contributed by atoms with Gasteiger partial charge in [-0.3, -0.25) is 14.9 Å². The molecule has 0 aliphatic rings. The number of carbonyl (C=O) groups excluding carboxylic acids is 1. The van der Waals surface area contributed by atoms with Crippen LogP contribution in [-0.4, -0.2) is 31.3 Å². The van der Waals surface area contributed by atoms with E-state index in [1.807, 2.05) is 0 Å². The van der Waals surface area contributed by atoms with Gasteiger partial charge in [-0.25, -0.2) is 5.43 Å². The van der Waals surface area contributed by atoms with Gasteiger partial charge in [-0.05, 0) is 30.3 Å². The molecule has 0 saturated carbocycles. The number of rotatable bonds is 7. The van der Waals surface area contributed by atoms with Gasteiger partial charge >= 0.3 is 0 Å². The molecule has 0 bridgehead atoms. The third kappa shape index (κ3) is 5.14. The normalized spacial score (nSPS) is 10.8. The Kier molecular flexibility index (Phi) is 6.78. The van der Waals surface area contributed by atoms with E-state index in [1.54, 1.807) is 30.3 Å². The lowest BCUT2D eigenvalue weighted by Crippen LogP contribution is -2.17. The highest BCUT2D eigenvalue weighted by Crippen LogP contribution is 2.37. The molecular formula is C20H15Cl2N3O6. The molecule has 0 unspecified atom stereocenters. The standard InChI is InChI=1S/C20H15Cl2N3O6/c1-29-13-5-11(6-14(7-13)30-2)20(26)24-23-10-12-3-4-19(31-12)15-8-17(22)18(25(27)28)9-16(15)21/h3-10H,1-2H3,(H,24,26)/b23-10-. The molecule has 0 spiro atoms. The number of hydrogen-bond donors (Lipinski definition) is 1. The number of nitro benzene ring substituents is 1. The summed E-state index contributed by atoms with van der Waals surface area (Å²) in [5, 5.41) is 14.8. The van der Waals surface area contributed by atoms with Gasteiger partial charge in [0, 0.05) is 23.3 Å². The molecule has 3 aromatic rings. The summed E-state index contributed by atoms with van der Waals surface area (Å²) in [6.45, 7) is 0. The van der Waals surface area contributed by atoms with Crippen molar-refractivity contribution in [3.8, 4) is 22.8 Å². The molecule has 160 valence electrons. The molecule has 0 saturated heterocycles. The first-order valence-corrected chi connectivity index (χ1v) is 9.38. The van der Waals surface area contributed by atoms with Crippen LogP contribution in [0.5, 0.6) is 11.5 Å². The largest absolute Gasteiger partial charge is 0.497 e. The summed E-state index contributed by atoms with van der Waals surface area (Å²) < 4.78 is 15.9. The highest BCUT2D eigenvalue weighted by Gasteiger charge is 2.18. The number of hydrazone groups is 1. The van der Waals surface area contributed by atoms with Gasteiger partial charge in [-0.1, -0.05) is 23.2 Å². The van der Waals surface area contributed by atoms with Crippen molar-refractivity contribution in [3.05, 3.63) is 73.9 Å². The second-order valence-electron chi connectivity index (χ2n) is 6.04. The zero-order valence-electron chi connectivity index (χ0n) is 16.2. The number of carbonyl (C=O) groups is 1. The van der Waals surface area contributed by atoms with Gasteiger partial charge in [0.15, 0.2) is 0 Å². The molecule has 31 heavy (non-hydrogen) atoms. The van der Waals surface area contributed by atoms with E-state index in [9.17, 15) is 14.9 Å². The van der Waals surface area contributed by atoms with Crippen molar-refractivity contribution in [2.75, 3.05) is 14.2 Å². The molecule has 3 rings (SSSR count). The SMILES string of the molecule is COc1cc(OC)cc(C(=O)N/N=C\c2ccc(-c3cc(Cl)c([N+](=O)[O-])cc3Cl)o2)c1. The summed E-state index contributed by atoms with van der Waals surface area (Å²) in [5.74, 6) is 1.08. The Labute approximate surface area is 186 Å².